The molecular formula is C37H62N10O8. The van der Waals surface area contributed by atoms with Crippen LogP contribution in [0.1, 0.15) is 89.0 Å². The van der Waals surface area contributed by atoms with Crippen molar-refractivity contribution in [3.05, 3.63) is 35.9 Å². The third-order valence-corrected chi connectivity index (χ3v) is 9.57. The summed E-state index contributed by atoms with van der Waals surface area (Å²) >= 11 is 0. The van der Waals surface area contributed by atoms with E-state index in [1.165, 1.54) is 0 Å². The minimum atomic E-state index is -1.63. The molecule has 6 atom stereocenters. The van der Waals surface area contributed by atoms with Gasteiger partial charge in [-0.15, -0.1) is 0 Å². The van der Waals surface area contributed by atoms with Gasteiger partial charge in [0.15, 0.2) is 0 Å². The smallest absolute Gasteiger partial charge is 0.326 e. The zero-order valence-corrected chi connectivity index (χ0v) is 31.6. The summed E-state index contributed by atoms with van der Waals surface area (Å²) in [6.07, 6.45) is 6.37. The van der Waals surface area contributed by atoms with Gasteiger partial charge in [-0.25, -0.2) is 4.79 Å². The highest BCUT2D eigenvalue weighted by atomic mass is 16.4. The molecule has 18 nitrogen and oxygen atoms in total. The molecule has 18 heteroatoms. The van der Waals surface area contributed by atoms with Crippen molar-refractivity contribution in [2.75, 3.05) is 19.6 Å². The fourth-order valence-corrected chi connectivity index (χ4v) is 6.49. The average molecular weight is 775 g/mol. The predicted molar refractivity (Wildman–Crippen MR) is 205 cm³/mol. The molecule has 1 aromatic rings. The molecule has 2 rings (SSSR count). The number of aliphatic carboxylic acids is 1. The van der Waals surface area contributed by atoms with Crippen molar-refractivity contribution < 1.29 is 38.7 Å². The Morgan fingerprint density at radius 3 is 1.45 bits per heavy atom. The molecule has 0 bridgehead atoms. The van der Waals surface area contributed by atoms with Gasteiger partial charge in [-0.2, -0.15) is 0 Å². The maximum absolute atomic E-state index is 13.9. The summed E-state index contributed by atoms with van der Waals surface area (Å²) in [6.45, 7) is 0.514. The van der Waals surface area contributed by atoms with Gasteiger partial charge in [0.1, 0.15) is 30.2 Å². The van der Waals surface area contributed by atoms with Crippen LogP contribution < -0.4 is 55.3 Å². The van der Waals surface area contributed by atoms with Crippen LogP contribution in [0, 0.1) is 5.92 Å². The third-order valence-electron chi connectivity index (χ3n) is 9.57. The molecule has 1 aliphatic carbocycles. The highest BCUT2D eigenvalue weighted by molar-refractivity contribution is 5.96. The molecule has 1 saturated carbocycles. The van der Waals surface area contributed by atoms with E-state index in [9.17, 15) is 38.7 Å². The lowest BCUT2D eigenvalue weighted by Gasteiger charge is -2.28. The molecule has 0 spiro atoms. The number of nitrogens with two attached hydrogens (primary N) is 5. The van der Waals surface area contributed by atoms with Crippen LogP contribution in [0.3, 0.4) is 0 Å². The van der Waals surface area contributed by atoms with E-state index >= 15 is 0 Å². The molecule has 0 radical (unpaired) electrons. The van der Waals surface area contributed by atoms with Crippen LogP contribution in [0.5, 0.6) is 0 Å². The maximum Gasteiger partial charge on any atom is 0.326 e. The fourth-order valence-electron chi connectivity index (χ4n) is 6.49. The van der Waals surface area contributed by atoms with Crippen molar-refractivity contribution in [1.29, 1.82) is 0 Å². The van der Waals surface area contributed by atoms with Gasteiger partial charge in [-0.05, 0) is 76.1 Å². The molecule has 0 saturated heterocycles. The Balaban J connectivity index is 2.26. The zero-order valence-electron chi connectivity index (χ0n) is 31.6. The largest absolute Gasteiger partial charge is 0.480 e. The Kier molecular flexibility index (Phi) is 21.5. The number of carbonyl (C=O) groups excluding carboxylic acids is 6. The van der Waals surface area contributed by atoms with E-state index in [4.69, 9.17) is 28.7 Å². The second kappa shape index (κ2) is 25.4. The van der Waals surface area contributed by atoms with Crippen molar-refractivity contribution in [3.63, 3.8) is 0 Å². The van der Waals surface area contributed by atoms with Gasteiger partial charge in [-0.1, -0.05) is 62.4 Å². The lowest BCUT2D eigenvalue weighted by molar-refractivity contribution is -0.143. The summed E-state index contributed by atoms with van der Waals surface area (Å²) in [5.41, 5.74) is 29.3. The number of primary amides is 1. The molecule has 1 fully saturated rings. The number of benzene rings is 1. The summed E-state index contributed by atoms with van der Waals surface area (Å²) < 4.78 is 0. The molecule has 0 aromatic heterocycles. The van der Waals surface area contributed by atoms with Crippen molar-refractivity contribution in [2.24, 2.45) is 34.6 Å². The summed E-state index contributed by atoms with van der Waals surface area (Å²) in [7, 11) is 0. The van der Waals surface area contributed by atoms with Gasteiger partial charge in [0.05, 0.1) is 12.5 Å². The van der Waals surface area contributed by atoms with Crippen LogP contribution >= 0.6 is 0 Å². The number of carboxylic acid groups (broad SMARTS) is 1. The molecular weight excluding hydrogens is 712 g/mol. The van der Waals surface area contributed by atoms with Gasteiger partial charge in [0.2, 0.25) is 35.4 Å². The van der Waals surface area contributed by atoms with Gasteiger partial charge in [0, 0.05) is 6.42 Å². The molecule has 308 valence electrons. The molecule has 16 N–H and O–H groups in total. The number of carboxylic acids is 1. The first-order valence-electron chi connectivity index (χ1n) is 19.2. The van der Waals surface area contributed by atoms with Crippen LogP contribution in [-0.4, -0.2) is 102 Å². The SMILES string of the molecule is NCCC[C@H](NC(=O)[C@H](CCCN)NC(=O)[C@H](CCCN)NC(=O)[C@@H](Cc1ccccc1)NC(=O)[C@@H](N)CC1CCCCC1)C(=O)N[C@@H](CC(N)=O)C(=O)O. The van der Waals surface area contributed by atoms with Gasteiger partial charge in [0.25, 0.3) is 0 Å². The summed E-state index contributed by atoms with van der Waals surface area (Å²) in [4.78, 5) is 90.8. The van der Waals surface area contributed by atoms with Gasteiger partial charge < -0.3 is 60.4 Å². The Hall–Kier alpha value is -4.65. The fraction of sp³-hybridized carbons (Fsp3) is 0.649. The lowest BCUT2D eigenvalue weighted by atomic mass is 9.85. The van der Waals surface area contributed by atoms with Crippen molar-refractivity contribution >= 4 is 41.4 Å². The first kappa shape index (κ1) is 46.5. The van der Waals surface area contributed by atoms with Crippen LogP contribution in [0.25, 0.3) is 0 Å². The van der Waals surface area contributed by atoms with E-state index < -0.39 is 84.1 Å². The third kappa shape index (κ3) is 17.6. The van der Waals surface area contributed by atoms with E-state index in [-0.39, 0.29) is 51.7 Å². The standard InChI is InChI=1S/C37H62N10O8/c38-17-7-14-26(33(50)44-28(16-9-19-40)35(52)47-30(37(54)55)22-31(42)48)43-34(51)27(15-8-18-39)45-36(53)29(21-24-12-5-2-6-13-24)46-32(49)25(41)20-23-10-3-1-4-11-23/h2,5-6,12-13,23,25-30H,1,3-4,7-11,14-22,38-41H2,(H2,42,48)(H,43,51)(H,44,50)(H,45,53)(H,46,49)(H,47,52)(H,54,55)/t25-,26-,27-,28-,29+,30-/m0/s1. The molecule has 0 unspecified atom stereocenters. The number of nitrogens with one attached hydrogen (secondary N) is 5. The van der Waals surface area contributed by atoms with E-state index in [0.717, 1.165) is 37.7 Å². The number of rotatable bonds is 26. The number of hydrogen-bond donors (Lipinski definition) is 11. The number of carbonyl (C=O) groups is 7. The topological polar surface area (TPSA) is 330 Å². The van der Waals surface area contributed by atoms with E-state index in [0.29, 0.717) is 25.2 Å². The average Bonchev–Trinajstić information content (AvgIpc) is 3.16. The molecule has 0 heterocycles. The van der Waals surface area contributed by atoms with Crippen LogP contribution in [0.2, 0.25) is 0 Å². The second-order valence-electron chi connectivity index (χ2n) is 14.1. The Morgan fingerprint density at radius 2 is 1.04 bits per heavy atom. The Bertz CT molecular complexity index is 1400. The molecule has 1 aliphatic rings. The first-order chi connectivity index (χ1) is 26.3. The van der Waals surface area contributed by atoms with E-state index in [2.05, 4.69) is 26.6 Å². The predicted octanol–water partition coefficient (Wildman–Crippen LogP) is -1.87. The summed E-state index contributed by atoms with van der Waals surface area (Å²) in [6, 6.07) is 1.86. The zero-order chi connectivity index (χ0) is 40.8. The Morgan fingerprint density at radius 1 is 0.618 bits per heavy atom. The first-order valence-corrected chi connectivity index (χ1v) is 19.2. The normalized spacial score (nSPS) is 16.3. The molecule has 0 aliphatic heterocycles. The number of amides is 6. The van der Waals surface area contributed by atoms with Crippen LogP contribution in [-0.2, 0) is 40.0 Å². The minimum absolute atomic E-state index is 0.0164. The van der Waals surface area contributed by atoms with E-state index in [1.807, 2.05) is 18.2 Å². The van der Waals surface area contributed by atoms with Gasteiger partial charge >= 0.3 is 5.97 Å². The minimum Gasteiger partial charge on any atom is -0.480 e. The monoisotopic (exact) mass is 774 g/mol. The summed E-state index contributed by atoms with van der Waals surface area (Å²) in [5.74, 6) is -5.61. The molecule has 1 aromatic carbocycles. The molecule has 6 amide bonds. The maximum atomic E-state index is 13.9. The summed E-state index contributed by atoms with van der Waals surface area (Å²) in [5, 5.41) is 22.4. The second-order valence-corrected chi connectivity index (χ2v) is 14.1. The highest BCUT2D eigenvalue weighted by Crippen LogP contribution is 2.27. The van der Waals surface area contributed by atoms with Gasteiger partial charge in [-0.3, -0.25) is 28.8 Å². The molecule has 55 heavy (non-hydrogen) atoms. The highest BCUT2D eigenvalue weighted by Gasteiger charge is 2.33. The Labute approximate surface area is 322 Å². The van der Waals surface area contributed by atoms with E-state index in [1.54, 1.807) is 12.1 Å². The quantitative estimate of drug-likeness (QED) is 0.0493. The van der Waals surface area contributed by atoms with Crippen LogP contribution in [0.4, 0.5) is 0 Å². The van der Waals surface area contributed by atoms with Crippen molar-refractivity contribution in [2.45, 2.75) is 126 Å². The van der Waals surface area contributed by atoms with Crippen molar-refractivity contribution in [1.82, 2.24) is 26.6 Å². The lowest BCUT2D eigenvalue weighted by Crippen LogP contribution is -2.59. The van der Waals surface area contributed by atoms with Crippen LogP contribution in [0.15, 0.2) is 30.3 Å². The van der Waals surface area contributed by atoms with Crippen molar-refractivity contribution in [3.8, 4) is 0 Å². The number of hydrogen-bond acceptors (Lipinski definition) is 11.